The van der Waals surface area contributed by atoms with Gasteiger partial charge < -0.3 is 13.9 Å². The topological polar surface area (TPSA) is 21.3 Å². The maximum atomic E-state index is 6.76. The zero-order valence-corrected chi connectivity index (χ0v) is 35.5. The second kappa shape index (κ2) is 14.7. The Morgan fingerprint density at radius 2 is 0.984 bits per heavy atom. The fourth-order valence-electron chi connectivity index (χ4n) is 10.0. The van der Waals surface area contributed by atoms with Crippen molar-refractivity contribution in [2.24, 2.45) is 0 Å². The molecule has 0 saturated heterocycles. The molecule has 3 nitrogen and oxygen atoms in total. The molecule has 13 rings (SSSR count). The van der Waals surface area contributed by atoms with Gasteiger partial charge in [0.25, 0.3) is 0 Å². The number of fused-ring (bicyclic) bond motifs is 9. The summed E-state index contributed by atoms with van der Waals surface area (Å²) in [4.78, 5) is 2.51. The van der Waals surface area contributed by atoms with Crippen molar-refractivity contribution in [3.05, 3.63) is 231 Å². The molecule has 0 fully saturated rings. The highest BCUT2D eigenvalue weighted by atomic mass is 32.1. The molecule has 0 bridgehead atoms. The number of aromatic nitrogens is 1. The van der Waals surface area contributed by atoms with E-state index in [9.17, 15) is 0 Å². The third kappa shape index (κ3) is 5.66. The fourth-order valence-corrected chi connectivity index (χ4v) is 11.2. The van der Waals surface area contributed by atoms with E-state index in [0.717, 1.165) is 78.0 Å². The van der Waals surface area contributed by atoms with Crippen LogP contribution >= 0.6 is 11.3 Å². The fraction of sp³-hybridized carbons (Fsp3) is 0. The van der Waals surface area contributed by atoms with Crippen molar-refractivity contribution < 1.29 is 4.42 Å². The van der Waals surface area contributed by atoms with Crippen LogP contribution in [0.4, 0.5) is 17.1 Å². The molecule has 3 aromatic heterocycles. The van der Waals surface area contributed by atoms with Crippen molar-refractivity contribution in [2.45, 2.75) is 0 Å². The van der Waals surface area contributed by atoms with Crippen molar-refractivity contribution in [3.8, 4) is 39.1 Å². The summed E-state index contributed by atoms with van der Waals surface area (Å²) in [6.45, 7) is 0. The molecular formula is C60H38N2OS. The molecule has 0 aliphatic heterocycles. The summed E-state index contributed by atoms with van der Waals surface area (Å²) in [6.07, 6.45) is 0. The van der Waals surface area contributed by atoms with Gasteiger partial charge in [-0.25, -0.2) is 0 Å². The summed E-state index contributed by atoms with van der Waals surface area (Å²) in [5.41, 5.74) is 15.2. The summed E-state index contributed by atoms with van der Waals surface area (Å²) >= 11 is 1.87. The second-order valence-electron chi connectivity index (χ2n) is 16.4. The van der Waals surface area contributed by atoms with E-state index < -0.39 is 0 Å². The highest BCUT2D eigenvalue weighted by Crippen LogP contribution is 2.51. The van der Waals surface area contributed by atoms with Crippen molar-refractivity contribution in [3.63, 3.8) is 0 Å². The Morgan fingerprint density at radius 3 is 1.86 bits per heavy atom. The van der Waals surface area contributed by atoms with Gasteiger partial charge in [0.05, 0.1) is 28.1 Å². The average Bonchev–Trinajstić information content (AvgIpc) is 4.05. The number of para-hydroxylation sites is 5. The first-order valence-corrected chi connectivity index (χ1v) is 22.6. The maximum absolute atomic E-state index is 6.76. The Kier molecular flexibility index (Phi) is 8.40. The Labute approximate surface area is 373 Å². The summed E-state index contributed by atoms with van der Waals surface area (Å²) in [5.74, 6) is 0. The SMILES string of the molecule is c1ccc(-c2cc(-c3cccc4c3sc3ccccc34)ccc2N(c2ccccc2-c2cccc3c2oc2ccccc23)c2cccc3c2c2ccccc2n3-c2ccccc2)cc1. The van der Waals surface area contributed by atoms with Gasteiger partial charge >= 0.3 is 0 Å². The minimum Gasteiger partial charge on any atom is -0.455 e. The zero-order valence-electron chi connectivity index (χ0n) is 34.7. The van der Waals surface area contributed by atoms with Crippen LogP contribution in [0.2, 0.25) is 0 Å². The van der Waals surface area contributed by atoms with Gasteiger partial charge in [0.2, 0.25) is 0 Å². The molecule has 10 aromatic carbocycles. The van der Waals surface area contributed by atoms with Crippen LogP contribution in [-0.4, -0.2) is 4.57 Å². The van der Waals surface area contributed by atoms with Crippen molar-refractivity contribution in [2.75, 3.05) is 4.90 Å². The van der Waals surface area contributed by atoms with Crippen LogP contribution in [0.15, 0.2) is 235 Å². The number of benzene rings is 10. The number of nitrogens with zero attached hydrogens (tertiary/aromatic N) is 2. The van der Waals surface area contributed by atoms with Gasteiger partial charge in [-0.3, -0.25) is 0 Å². The average molecular weight is 835 g/mol. The summed E-state index contributed by atoms with van der Waals surface area (Å²) in [7, 11) is 0. The second-order valence-corrected chi connectivity index (χ2v) is 17.4. The number of hydrogen-bond acceptors (Lipinski definition) is 3. The van der Waals surface area contributed by atoms with E-state index in [1.807, 2.05) is 17.4 Å². The van der Waals surface area contributed by atoms with Gasteiger partial charge in [-0.05, 0) is 77.4 Å². The van der Waals surface area contributed by atoms with Crippen LogP contribution in [-0.2, 0) is 0 Å². The molecule has 0 saturated carbocycles. The van der Waals surface area contributed by atoms with Gasteiger partial charge in [-0.2, -0.15) is 0 Å². The summed E-state index contributed by atoms with van der Waals surface area (Å²) < 4.78 is 11.8. The molecule has 0 spiro atoms. The summed E-state index contributed by atoms with van der Waals surface area (Å²) in [5, 5.41) is 7.18. The lowest BCUT2D eigenvalue weighted by Gasteiger charge is -2.31. The lowest BCUT2D eigenvalue weighted by molar-refractivity contribution is 0.670. The van der Waals surface area contributed by atoms with Crippen molar-refractivity contribution in [1.29, 1.82) is 0 Å². The number of anilines is 3. The molecule has 0 radical (unpaired) electrons. The van der Waals surface area contributed by atoms with Gasteiger partial charge in [-0.1, -0.05) is 170 Å². The smallest absolute Gasteiger partial charge is 0.143 e. The van der Waals surface area contributed by atoms with Crippen LogP contribution in [0.3, 0.4) is 0 Å². The highest BCUT2D eigenvalue weighted by molar-refractivity contribution is 7.26. The molecule has 300 valence electrons. The van der Waals surface area contributed by atoms with E-state index in [-0.39, 0.29) is 0 Å². The van der Waals surface area contributed by atoms with Crippen LogP contribution in [0, 0.1) is 0 Å². The Balaban J connectivity index is 1.13. The molecule has 0 aliphatic rings. The first-order valence-electron chi connectivity index (χ1n) is 21.8. The lowest BCUT2D eigenvalue weighted by atomic mass is 9.94. The molecule has 4 heteroatoms. The largest absolute Gasteiger partial charge is 0.455 e. The molecule has 0 unspecified atom stereocenters. The predicted octanol–water partition coefficient (Wildman–Crippen LogP) is 17.5. The molecule has 3 heterocycles. The van der Waals surface area contributed by atoms with Crippen LogP contribution < -0.4 is 4.90 Å². The third-order valence-corrected chi connectivity index (χ3v) is 14.0. The van der Waals surface area contributed by atoms with Crippen LogP contribution in [0.5, 0.6) is 0 Å². The first-order chi connectivity index (χ1) is 31.8. The highest BCUT2D eigenvalue weighted by Gasteiger charge is 2.27. The Bertz CT molecular complexity index is 3910. The maximum Gasteiger partial charge on any atom is 0.143 e. The molecule has 0 amide bonds. The molecule has 0 atom stereocenters. The Hall–Kier alpha value is -8.18. The number of rotatable bonds is 7. The van der Waals surface area contributed by atoms with Crippen molar-refractivity contribution in [1.82, 2.24) is 4.57 Å². The molecule has 13 aromatic rings. The zero-order chi connectivity index (χ0) is 42.1. The monoisotopic (exact) mass is 834 g/mol. The van der Waals surface area contributed by atoms with E-state index in [2.05, 4.69) is 234 Å². The van der Waals surface area contributed by atoms with E-state index in [4.69, 9.17) is 4.42 Å². The van der Waals surface area contributed by atoms with E-state index >= 15 is 0 Å². The standard InChI is InChI=1S/C60H38N2OS/c1-3-18-39(19-4-1)50-38-40(42-26-15-29-48-45-24-10-14-35-57(45)64-60(42)48)36-37-53(50)62(51-30-11-7-22-43(51)46-27-16-28-47-44-23-9-13-34-56(44)63-59(46)47)55-33-17-32-54-58(55)49-25-8-12-31-52(49)61(54)41-20-5-2-6-21-41/h1-38H. The first kappa shape index (κ1) is 36.5. The van der Waals surface area contributed by atoms with Gasteiger partial charge in [0.15, 0.2) is 0 Å². The predicted molar refractivity (Wildman–Crippen MR) is 272 cm³/mol. The molecule has 0 aliphatic carbocycles. The van der Waals surface area contributed by atoms with Crippen LogP contribution in [0.25, 0.3) is 103 Å². The van der Waals surface area contributed by atoms with Crippen LogP contribution in [0.1, 0.15) is 0 Å². The molecular weight excluding hydrogens is 797 g/mol. The van der Waals surface area contributed by atoms with E-state index in [1.165, 1.54) is 42.1 Å². The quantitative estimate of drug-likeness (QED) is 0.159. The molecule has 0 N–H and O–H groups in total. The number of thiophene rings is 1. The van der Waals surface area contributed by atoms with Gasteiger partial charge in [-0.15, -0.1) is 11.3 Å². The van der Waals surface area contributed by atoms with Crippen molar-refractivity contribution >= 4 is 92.3 Å². The third-order valence-electron chi connectivity index (χ3n) is 12.8. The lowest BCUT2D eigenvalue weighted by Crippen LogP contribution is -2.13. The van der Waals surface area contributed by atoms with Gasteiger partial charge in [0, 0.05) is 64.1 Å². The Morgan fingerprint density at radius 1 is 0.375 bits per heavy atom. The van der Waals surface area contributed by atoms with Gasteiger partial charge in [0.1, 0.15) is 11.2 Å². The summed E-state index contributed by atoms with van der Waals surface area (Å²) in [6, 6.07) is 83.5. The molecule has 64 heavy (non-hydrogen) atoms. The van der Waals surface area contributed by atoms with E-state index in [0.29, 0.717) is 0 Å². The van der Waals surface area contributed by atoms with E-state index in [1.54, 1.807) is 0 Å². The number of furan rings is 1. The normalized spacial score (nSPS) is 11.8. The minimum atomic E-state index is 0.880. The number of hydrogen-bond donors (Lipinski definition) is 0. The minimum absolute atomic E-state index is 0.880.